The van der Waals surface area contributed by atoms with Gasteiger partial charge in [-0.15, -0.1) is 0 Å². The molecule has 3 aromatic rings. The van der Waals surface area contributed by atoms with Gasteiger partial charge in [0.2, 0.25) is 5.91 Å². The van der Waals surface area contributed by atoms with E-state index in [1.165, 1.54) is 23.4 Å². The lowest BCUT2D eigenvalue weighted by atomic mass is 9.94. The van der Waals surface area contributed by atoms with Gasteiger partial charge in [0.1, 0.15) is 12.6 Å². The Morgan fingerprint density at radius 2 is 1.87 bits per heavy atom. The van der Waals surface area contributed by atoms with Crippen LogP contribution >= 0.6 is 0 Å². The van der Waals surface area contributed by atoms with Crippen molar-refractivity contribution in [3.05, 3.63) is 75.5 Å². The SMILES string of the molecule is O=C1[C@@H]2Cc3c([nH]c4ccccc34)CN2C(=O)CN1N=Cc1ccc([N+](=O)[O-])cc1. The van der Waals surface area contributed by atoms with E-state index in [9.17, 15) is 19.7 Å². The molecular formula is C21H17N5O4. The summed E-state index contributed by atoms with van der Waals surface area (Å²) in [6, 6.07) is 13.1. The Kier molecular flexibility index (Phi) is 4.09. The highest BCUT2D eigenvalue weighted by molar-refractivity contribution is 5.97. The lowest BCUT2D eigenvalue weighted by Crippen LogP contribution is -2.60. The van der Waals surface area contributed by atoms with Crippen LogP contribution in [0.1, 0.15) is 16.8 Å². The Balaban J connectivity index is 1.40. The number of hydrogen-bond donors (Lipinski definition) is 1. The highest BCUT2D eigenvalue weighted by Gasteiger charge is 2.43. The Hall–Kier alpha value is -4.01. The molecule has 5 rings (SSSR count). The largest absolute Gasteiger partial charge is 0.357 e. The number of nitro groups is 1. The molecule has 1 fully saturated rings. The normalized spacial score (nSPS) is 18.7. The zero-order valence-electron chi connectivity index (χ0n) is 15.8. The van der Waals surface area contributed by atoms with Gasteiger partial charge in [0, 0.05) is 35.2 Å². The molecule has 2 aromatic carbocycles. The summed E-state index contributed by atoms with van der Waals surface area (Å²) in [5.74, 6) is -0.395. The van der Waals surface area contributed by atoms with Crippen LogP contribution in [0.4, 0.5) is 5.69 Å². The second-order valence-electron chi connectivity index (χ2n) is 7.36. The number of nitrogens with one attached hydrogen (secondary N) is 1. The summed E-state index contributed by atoms with van der Waals surface area (Å²) >= 11 is 0. The van der Waals surface area contributed by atoms with E-state index in [1.807, 2.05) is 24.3 Å². The van der Waals surface area contributed by atoms with Crippen LogP contribution in [0.3, 0.4) is 0 Å². The van der Waals surface area contributed by atoms with Gasteiger partial charge in [0.15, 0.2) is 0 Å². The summed E-state index contributed by atoms with van der Waals surface area (Å²) in [7, 11) is 0. The molecule has 3 heterocycles. The Labute approximate surface area is 170 Å². The van der Waals surface area contributed by atoms with Crippen LogP contribution in [-0.4, -0.2) is 50.4 Å². The highest BCUT2D eigenvalue weighted by atomic mass is 16.6. The number of aromatic amines is 1. The molecule has 0 saturated carbocycles. The summed E-state index contributed by atoms with van der Waals surface area (Å²) < 4.78 is 0. The molecule has 1 atom stereocenters. The van der Waals surface area contributed by atoms with Crippen LogP contribution in [0.5, 0.6) is 0 Å². The van der Waals surface area contributed by atoms with Crippen LogP contribution < -0.4 is 0 Å². The number of para-hydroxylation sites is 1. The number of carbonyl (C=O) groups is 2. The van der Waals surface area contributed by atoms with Crippen molar-refractivity contribution in [1.29, 1.82) is 0 Å². The van der Waals surface area contributed by atoms with Crippen LogP contribution in [-0.2, 0) is 22.6 Å². The predicted molar refractivity (Wildman–Crippen MR) is 109 cm³/mol. The number of nitro benzene ring substituents is 1. The van der Waals surface area contributed by atoms with Gasteiger partial charge < -0.3 is 9.88 Å². The van der Waals surface area contributed by atoms with Crippen molar-refractivity contribution in [2.75, 3.05) is 6.54 Å². The van der Waals surface area contributed by atoms with E-state index < -0.39 is 11.0 Å². The number of rotatable bonds is 3. The number of hydrazone groups is 1. The summed E-state index contributed by atoms with van der Waals surface area (Å²) in [5.41, 5.74) is 3.61. The number of nitrogens with zero attached hydrogens (tertiary/aromatic N) is 4. The third-order valence-corrected chi connectivity index (χ3v) is 5.60. The third kappa shape index (κ3) is 2.91. The molecule has 1 N–H and O–H groups in total. The molecule has 0 radical (unpaired) electrons. The molecule has 2 amide bonds. The number of hydrogen-bond acceptors (Lipinski definition) is 5. The smallest absolute Gasteiger partial charge is 0.269 e. The van der Waals surface area contributed by atoms with Gasteiger partial charge in [-0.05, 0) is 29.3 Å². The Morgan fingerprint density at radius 3 is 2.63 bits per heavy atom. The minimum absolute atomic E-state index is 0.0243. The topological polar surface area (TPSA) is 112 Å². The first-order valence-corrected chi connectivity index (χ1v) is 9.49. The van der Waals surface area contributed by atoms with Crippen LogP contribution in [0.15, 0.2) is 53.6 Å². The standard InChI is InChI=1S/C21H17N5O4/c27-20-12-25(22-10-13-5-7-14(8-6-13)26(29)30)21(28)19-9-16-15-3-1-2-4-17(15)23-18(16)11-24(19)20/h1-8,10,19,23H,9,11-12H2/t19-/m0/s1. The summed E-state index contributed by atoms with van der Waals surface area (Å²) in [5, 5.41) is 17.2. The van der Waals surface area contributed by atoms with Crippen molar-refractivity contribution >= 4 is 34.6 Å². The van der Waals surface area contributed by atoms with E-state index in [-0.39, 0.29) is 24.0 Å². The van der Waals surface area contributed by atoms with Crippen molar-refractivity contribution in [3.63, 3.8) is 0 Å². The zero-order valence-corrected chi connectivity index (χ0v) is 15.8. The minimum Gasteiger partial charge on any atom is -0.357 e. The van der Waals surface area contributed by atoms with Gasteiger partial charge in [-0.1, -0.05) is 18.2 Å². The van der Waals surface area contributed by atoms with Crippen LogP contribution in [0.25, 0.3) is 10.9 Å². The predicted octanol–water partition coefficient (Wildman–Crippen LogP) is 2.21. The highest BCUT2D eigenvalue weighted by Crippen LogP contribution is 2.32. The number of benzene rings is 2. The molecule has 9 heteroatoms. The molecule has 1 saturated heterocycles. The fourth-order valence-corrected chi connectivity index (χ4v) is 4.08. The van der Waals surface area contributed by atoms with E-state index in [0.29, 0.717) is 18.5 Å². The number of piperazine rings is 1. The molecule has 1 aromatic heterocycles. The van der Waals surface area contributed by atoms with E-state index in [2.05, 4.69) is 10.1 Å². The van der Waals surface area contributed by atoms with Crippen molar-refractivity contribution in [2.45, 2.75) is 19.0 Å². The Bertz CT molecular complexity index is 1210. The first kappa shape index (κ1) is 18.0. The second-order valence-corrected chi connectivity index (χ2v) is 7.36. The lowest BCUT2D eigenvalue weighted by molar-refractivity contribution is -0.384. The zero-order chi connectivity index (χ0) is 20.8. The van der Waals surface area contributed by atoms with Gasteiger partial charge in [-0.25, -0.2) is 5.01 Å². The maximum absolute atomic E-state index is 13.1. The van der Waals surface area contributed by atoms with Gasteiger partial charge in [-0.3, -0.25) is 19.7 Å². The molecule has 2 aliphatic heterocycles. The first-order valence-electron chi connectivity index (χ1n) is 9.49. The van der Waals surface area contributed by atoms with Crippen molar-refractivity contribution < 1.29 is 14.5 Å². The van der Waals surface area contributed by atoms with Crippen LogP contribution in [0.2, 0.25) is 0 Å². The summed E-state index contributed by atoms with van der Waals surface area (Å²) in [6.07, 6.45) is 1.87. The minimum atomic E-state index is -0.591. The van der Waals surface area contributed by atoms with Gasteiger partial charge in [0.25, 0.3) is 11.6 Å². The number of fused-ring (bicyclic) bond motifs is 4. The number of aromatic nitrogens is 1. The number of amides is 2. The fraction of sp³-hybridized carbons (Fsp3) is 0.190. The molecule has 30 heavy (non-hydrogen) atoms. The van der Waals surface area contributed by atoms with Gasteiger partial charge >= 0.3 is 0 Å². The second kappa shape index (κ2) is 6.80. The number of H-pyrrole nitrogens is 1. The summed E-state index contributed by atoms with van der Waals surface area (Å²) in [4.78, 5) is 41.0. The van der Waals surface area contributed by atoms with Gasteiger partial charge in [-0.2, -0.15) is 5.10 Å². The number of non-ortho nitro benzene ring substituents is 1. The quantitative estimate of drug-likeness (QED) is 0.410. The number of carbonyl (C=O) groups excluding carboxylic acids is 2. The maximum Gasteiger partial charge on any atom is 0.269 e. The van der Waals surface area contributed by atoms with E-state index in [0.717, 1.165) is 22.2 Å². The maximum atomic E-state index is 13.1. The van der Waals surface area contributed by atoms with E-state index in [4.69, 9.17) is 0 Å². The Morgan fingerprint density at radius 1 is 1.10 bits per heavy atom. The first-order chi connectivity index (χ1) is 14.5. The molecule has 9 nitrogen and oxygen atoms in total. The van der Waals surface area contributed by atoms with Crippen molar-refractivity contribution in [3.8, 4) is 0 Å². The molecule has 150 valence electrons. The molecular weight excluding hydrogens is 386 g/mol. The van der Waals surface area contributed by atoms with Crippen LogP contribution in [0, 0.1) is 10.1 Å². The van der Waals surface area contributed by atoms with Crippen molar-refractivity contribution in [2.24, 2.45) is 5.10 Å². The summed E-state index contributed by atoms with van der Waals surface area (Å²) in [6.45, 7) is 0.244. The molecule has 0 unspecified atom stereocenters. The molecule has 2 aliphatic rings. The third-order valence-electron chi connectivity index (χ3n) is 5.60. The average molecular weight is 403 g/mol. The average Bonchev–Trinajstić information content (AvgIpc) is 3.12. The molecule has 0 aliphatic carbocycles. The molecule has 0 bridgehead atoms. The van der Waals surface area contributed by atoms with E-state index >= 15 is 0 Å². The van der Waals surface area contributed by atoms with Gasteiger partial charge in [0.05, 0.1) is 17.7 Å². The van der Waals surface area contributed by atoms with Crippen molar-refractivity contribution in [1.82, 2.24) is 14.9 Å². The van der Waals surface area contributed by atoms with E-state index in [1.54, 1.807) is 17.0 Å². The lowest BCUT2D eigenvalue weighted by Gasteiger charge is -2.40. The fourth-order valence-electron chi connectivity index (χ4n) is 4.08. The monoisotopic (exact) mass is 403 g/mol. The molecule has 0 spiro atoms.